The molecule has 6 heteroatoms. The molecule has 0 bridgehead atoms. The molecule has 1 aromatic carbocycles. The molecule has 1 spiro atoms. The van der Waals surface area contributed by atoms with Crippen molar-refractivity contribution in [2.24, 2.45) is 0 Å². The molecule has 3 amide bonds. The number of rotatable bonds is 4. The Bertz CT molecular complexity index is 623. The first-order valence-electron chi connectivity index (χ1n) is 7.96. The van der Waals surface area contributed by atoms with E-state index in [-0.39, 0.29) is 12.3 Å². The summed E-state index contributed by atoms with van der Waals surface area (Å²) >= 11 is 0. The van der Waals surface area contributed by atoms with Crippen molar-refractivity contribution in [2.75, 3.05) is 0 Å². The monoisotopic (exact) mass is 316 g/mol. The van der Waals surface area contributed by atoms with Gasteiger partial charge in [-0.2, -0.15) is 0 Å². The van der Waals surface area contributed by atoms with Gasteiger partial charge in [0.05, 0.1) is 0 Å². The van der Waals surface area contributed by atoms with E-state index in [1.165, 1.54) is 0 Å². The minimum atomic E-state index is -1.17. The summed E-state index contributed by atoms with van der Waals surface area (Å²) in [4.78, 5) is 37.7. The summed E-state index contributed by atoms with van der Waals surface area (Å²) in [6.45, 7) is 0. The van der Waals surface area contributed by atoms with Gasteiger partial charge in [0.15, 0.2) is 0 Å². The van der Waals surface area contributed by atoms with Crippen molar-refractivity contribution in [3.05, 3.63) is 35.9 Å². The van der Waals surface area contributed by atoms with Crippen molar-refractivity contribution in [1.82, 2.24) is 10.2 Å². The molecular formula is C17H20N2O4. The summed E-state index contributed by atoms with van der Waals surface area (Å²) in [7, 11) is 0. The second-order valence-corrected chi connectivity index (χ2v) is 6.29. The van der Waals surface area contributed by atoms with Crippen molar-refractivity contribution in [3.8, 4) is 0 Å². The molecule has 0 unspecified atom stereocenters. The molecule has 1 aromatic rings. The number of nitrogens with zero attached hydrogens (tertiary/aromatic N) is 1. The SMILES string of the molecule is O=C(O)[C@H](Cc1ccccc1)N1C(=O)NC2(CCCCC2)C1=O. The van der Waals surface area contributed by atoms with Crippen molar-refractivity contribution < 1.29 is 19.5 Å². The smallest absolute Gasteiger partial charge is 0.327 e. The summed E-state index contributed by atoms with van der Waals surface area (Å²) in [6.07, 6.45) is 4.08. The standard InChI is InChI=1S/C17H20N2O4/c20-14(21)13(11-12-7-3-1-4-8-12)19-15(22)17(18-16(19)23)9-5-2-6-10-17/h1,3-4,7-8,13H,2,5-6,9-11H2,(H,18,23)(H,20,21)/t13-/m0/s1. The first-order valence-corrected chi connectivity index (χ1v) is 7.96. The Labute approximate surface area is 134 Å². The van der Waals surface area contributed by atoms with Crippen LogP contribution in [0.5, 0.6) is 0 Å². The minimum absolute atomic E-state index is 0.116. The van der Waals surface area contributed by atoms with Crippen LogP contribution in [0.3, 0.4) is 0 Å². The number of nitrogens with one attached hydrogen (secondary N) is 1. The third kappa shape index (κ3) is 2.81. The Kier molecular flexibility index (Phi) is 4.07. The lowest BCUT2D eigenvalue weighted by molar-refractivity contribution is -0.148. The van der Waals surface area contributed by atoms with Crippen LogP contribution in [-0.4, -0.2) is 39.5 Å². The molecule has 122 valence electrons. The second-order valence-electron chi connectivity index (χ2n) is 6.29. The highest BCUT2D eigenvalue weighted by molar-refractivity contribution is 6.09. The predicted molar refractivity (Wildman–Crippen MR) is 82.8 cm³/mol. The first-order chi connectivity index (χ1) is 11.0. The normalized spacial score (nSPS) is 21.3. The number of carbonyl (C=O) groups is 3. The van der Waals surface area contributed by atoms with Crippen LogP contribution in [0.25, 0.3) is 0 Å². The van der Waals surface area contributed by atoms with E-state index in [0.29, 0.717) is 12.8 Å². The first kappa shape index (κ1) is 15.5. The van der Waals surface area contributed by atoms with Crippen LogP contribution in [-0.2, 0) is 16.0 Å². The zero-order chi connectivity index (χ0) is 16.4. The number of amides is 3. The van der Waals surface area contributed by atoms with Gasteiger partial charge in [0.2, 0.25) is 0 Å². The number of aliphatic carboxylic acids is 1. The summed E-state index contributed by atoms with van der Waals surface area (Å²) in [5, 5.41) is 12.3. The van der Waals surface area contributed by atoms with E-state index < -0.39 is 23.6 Å². The molecule has 0 radical (unpaired) electrons. The number of urea groups is 1. The number of carbonyl (C=O) groups excluding carboxylic acids is 2. The van der Waals surface area contributed by atoms with Gasteiger partial charge in [-0.1, -0.05) is 49.6 Å². The number of hydrogen-bond donors (Lipinski definition) is 2. The fourth-order valence-electron chi connectivity index (χ4n) is 3.54. The van der Waals surface area contributed by atoms with Crippen molar-refractivity contribution in [3.63, 3.8) is 0 Å². The molecule has 6 nitrogen and oxygen atoms in total. The van der Waals surface area contributed by atoms with Crippen molar-refractivity contribution in [1.29, 1.82) is 0 Å². The second kappa shape index (κ2) is 6.02. The van der Waals surface area contributed by atoms with Gasteiger partial charge in [-0.25, -0.2) is 14.5 Å². The van der Waals surface area contributed by atoms with Crippen LogP contribution in [0.4, 0.5) is 4.79 Å². The van der Waals surface area contributed by atoms with E-state index >= 15 is 0 Å². The third-order valence-corrected chi connectivity index (χ3v) is 4.77. The topological polar surface area (TPSA) is 86.7 Å². The van der Waals surface area contributed by atoms with Crippen LogP contribution in [0.1, 0.15) is 37.7 Å². The van der Waals surface area contributed by atoms with Gasteiger partial charge in [0, 0.05) is 6.42 Å². The number of benzene rings is 1. The maximum Gasteiger partial charge on any atom is 0.327 e. The van der Waals surface area contributed by atoms with Crippen LogP contribution in [0, 0.1) is 0 Å². The Balaban J connectivity index is 1.86. The van der Waals surface area contributed by atoms with Gasteiger partial charge >= 0.3 is 12.0 Å². The predicted octanol–water partition coefficient (Wildman–Crippen LogP) is 1.94. The molecule has 3 rings (SSSR count). The van der Waals surface area contributed by atoms with E-state index in [0.717, 1.165) is 29.7 Å². The Hall–Kier alpha value is -2.37. The highest BCUT2D eigenvalue weighted by atomic mass is 16.4. The molecule has 0 aromatic heterocycles. The number of carboxylic acid groups (broad SMARTS) is 1. The quantitative estimate of drug-likeness (QED) is 0.831. The minimum Gasteiger partial charge on any atom is -0.480 e. The molecule has 1 aliphatic heterocycles. The average Bonchev–Trinajstić information content (AvgIpc) is 2.77. The molecule has 2 N–H and O–H groups in total. The van der Waals surface area contributed by atoms with Crippen LogP contribution in [0.15, 0.2) is 30.3 Å². The molecule has 23 heavy (non-hydrogen) atoms. The Morgan fingerprint density at radius 1 is 1.17 bits per heavy atom. The Morgan fingerprint density at radius 3 is 2.43 bits per heavy atom. The zero-order valence-corrected chi connectivity index (χ0v) is 12.8. The van der Waals surface area contributed by atoms with Gasteiger partial charge in [0.25, 0.3) is 5.91 Å². The molecular weight excluding hydrogens is 296 g/mol. The van der Waals surface area contributed by atoms with Crippen LogP contribution >= 0.6 is 0 Å². The van der Waals surface area contributed by atoms with E-state index in [9.17, 15) is 19.5 Å². The molecule has 2 fully saturated rings. The molecule has 1 saturated heterocycles. The molecule has 1 saturated carbocycles. The van der Waals surface area contributed by atoms with E-state index in [2.05, 4.69) is 5.32 Å². The third-order valence-electron chi connectivity index (χ3n) is 4.77. The van der Waals surface area contributed by atoms with E-state index in [1.807, 2.05) is 18.2 Å². The summed E-state index contributed by atoms with van der Waals surface area (Å²) in [6, 6.07) is 7.29. The van der Waals surface area contributed by atoms with Gasteiger partial charge < -0.3 is 10.4 Å². The summed E-state index contributed by atoms with van der Waals surface area (Å²) < 4.78 is 0. The van der Waals surface area contributed by atoms with Gasteiger partial charge in [0.1, 0.15) is 11.6 Å². The number of hydrogen-bond acceptors (Lipinski definition) is 3. The van der Waals surface area contributed by atoms with Crippen LogP contribution < -0.4 is 5.32 Å². The van der Waals surface area contributed by atoms with E-state index in [1.54, 1.807) is 12.1 Å². The van der Waals surface area contributed by atoms with Crippen molar-refractivity contribution >= 4 is 17.9 Å². The molecule has 2 aliphatic rings. The summed E-state index contributed by atoms with van der Waals surface area (Å²) in [5.74, 6) is -1.55. The maximum atomic E-state index is 12.8. The maximum absolute atomic E-state index is 12.8. The molecule has 1 heterocycles. The lowest BCUT2D eigenvalue weighted by atomic mass is 9.81. The Morgan fingerprint density at radius 2 is 1.83 bits per heavy atom. The zero-order valence-electron chi connectivity index (χ0n) is 12.8. The lowest BCUT2D eigenvalue weighted by Gasteiger charge is -2.31. The van der Waals surface area contributed by atoms with Crippen molar-refractivity contribution in [2.45, 2.75) is 50.1 Å². The average molecular weight is 316 g/mol. The largest absolute Gasteiger partial charge is 0.480 e. The molecule has 1 atom stereocenters. The highest BCUT2D eigenvalue weighted by Gasteiger charge is 2.54. The number of carboxylic acids is 1. The lowest BCUT2D eigenvalue weighted by Crippen LogP contribution is -2.50. The van der Waals surface area contributed by atoms with Gasteiger partial charge in [-0.15, -0.1) is 0 Å². The number of imide groups is 1. The van der Waals surface area contributed by atoms with Gasteiger partial charge in [-0.05, 0) is 18.4 Å². The van der Waals surface area contributed by atoms with Gasteiger partial charge in [-0.3, -0.25) is 4.79 Å². The fourth-order valence-corrected chi connectivity index (χ4v) is 3.54. The van der Waals surface area contributed by atoms with Crippen LogP contribution in [0.2, 0.25) is 0 Å². The molecule has 1 aliphatic carbocycles. The van der Waals surface area contributed by atoms with E-state index in [4.69, 9.17) is 0 Å². The summed E-state index contributed by atoms with van der Waals surface area (Å²) in [5.41, 5.74) is -0.107. The highest BCUT2D eigenvalue weighted by Crippen LogP contribution is 2.34. The fraction of sp³-hybridized carbons (Fsp3) is 0.471.